The molecule has 1 amide bonds. The average Bonchev–Trinajstić information content (AvgIpc) is 3.70. The Hall–Kier alpha value is -3.12. The third kappa shape index (κ3) is 5.56. The van der Waals surface area contributed by atoms with E-state index < -0.39 is 24.3 Å². The molecule has 0 radical (unpaired) electrons. The number of carbonyl (C=O) groups is 1. The molecule has 3 N–H and O–H groups in total. The van der Waals surface area contributed by atoms with Crippen LogP contribution in [0.4, 0.5) is 18.9 Å². The van der Waals surface area contributed by atoms with Gasteiger partial charge in [0.2, 0.25) is 0 Å². The third-order valence-electron chi connectivity index (χ3n) is 6.93. The van der Waals surface area contributed by atoms with E-state index in [0.29, 0.717) is 38.4 Å². The smallest absolute Gasteiger partial charge is 0.455 e. The fourth-order valence-corrected chi connectivity index (χ4v) is 5.59. The van der Waals surface area contributed by atoms with E-state index >= 15 is 0 Å². The number of fused-ring (bicyclic) bond motifs is 1. The number of carbonyl (C=O) groups excluding carboxylic acids is 1. The Bertz CT molecular complexity index is 1570. The molecule has 1 heterocycles. The molecule has 1 fully saturated rings. The zero-order valence-electron chi connectivity index (χ0n) is 21.6. The standard InChI is InChI=1S/C28H25BClF3N2O4S/c1-34-27(36)25-20-12-19(16-4-5-16)23(13-24(20)39-26(25)17-6-8-18(30)9-7-17)35(40-2)14-15-3-10-22(29(37)38)21(11-15)28(31,32)33/h3,6-13,16,37-38H,4-5,14H2,1-2H3,(H,34,36). The largest absolute Gasteiger partial charge is 0.489 e. The molecule has 12 heteroatoms. The summed E-state index contributed by atoms with van der Waals surface area (Å²) in [6.45, 7) is 0.115. The molecule has 3 aromatic carbocycles. The molecule has 0 spiro atoms. The highest BCUT2D eigenvalue weighted by atomic mass is 35.5. The summed E-state index contributed by atoms with van der Waals surface area (Å²) < 4.78 is 49.2. The summed E-state index contributed by atoms with van der Waals surface area (Å²) in [5.74, 6) is 0.345. The maximum atomic E-state index is 13.7. The van der Waals surface area contributed by atoms with Crippen LogP contribution in [0.1, 0.15) is 45.8 Å². The summed E-state index contributed by atoms with van der Waals surface area (Å²) >= 11 is 7.41. The van der Waals surface area contributed by atoms with Gasteiger partial charge in [-0.3, -0.25) is 4.79 Å². The Morgan fingerprint density at radius 1 is 1.15 bits per heavy atom. The van der Waals surface area contributed by atoms with Crippen molar-refractivity contribution in [1.82, 2.24) is 5.32 Å². The molecule has 0 bridgehead atoms. The third-order valence-corrected chi connectivity index (χ3v) is 7.95. The molecule has 1 aliphatic carbocycles. The van der Waals surface area contributed by atoms with E-state index in [0.717, 1.165) is 36.2 Å². The van der Waals surface area contributed by atoms with Crippen LogP contribution in [-0.4, -0.2) is 36.4 Å². The minimum Gasteiger partial charge on any atom is -0.455 e. The minimum atomic E-state index is -4.75. The van der Waals surface area contributed by atoms with Crippen molar-refractivity contribution in [2.24, 2.45) is 0 Å². The highest BCUT2D eigenvalue weighted by Gasteiger charge is 2.37. The molecule has 1 saturated carbocycles. The van der Waals surface area contributed by atoms with E-state index in [4.69, 9.17) is 16.0 Å². The van der Waals surface area contributed by atoms with Gasteiger partial charge in [-0.1, -0.05) is 35.7 Å². The van der Waals surface area contributed by atoms with Gasteiger partial charge in [-0.15, -0.1) is 0 Å². The van der Waals surface area contributed by atoms with Gasteiger partial charge in [0.25, 0.3) is 5.91 Å². The Balaban J connectivity index is 1.62. The fraction of sp³-hybridized carbons (Fsp3) is 0.250. The van der Waals surface area contributed by atoms with Crippen molar-refractivity contribution in [1.29, 1.82) is 0 Å². The van der Waals surface area contributed by atoms with Crippen molar-refractivity contribution in [3.8, 4) is 11.3 Å². The van der Waals surface area contributed by atoms with Crippen LogP contribution >= 0.6 is 23.5 Å². The molecule has 1 aliphatic rings. The molecular formula is C28H25BClF3N2O4S. The predicted octanol–water partition coefficient (Wildman–Crippen LogP) is 5.97. The van der Waals surface area contributed by atoms with Gasteiger partial charge in [-0.25, -0.2) is 0 Å². The molecule has 208 valence electrons. The monoisotopic (exact) mass is 588 g/mol. The number of furan rings is 1. The molecule has 40 heavy (non-hydrogen) atoms. The zero-order chi connectivity index (χ0) is 28.8. The van der Waals surface area contributed by atoms with Gasteiger partial charge >= 0.3 is 13.3 Å². The maximum Gasteiger partial charge on any atom is 0.489 e. The summed E-state index contributed by atoms with van der Waals surface area (Å²) in [5.41, 5.74) is 1.97. The van der Waals surface area contributed by atoms with Gasteiger partial charge in [0.1, 0.15) is 11.3 Å². The number of anilines is 1. The predicted molar refractivity (Wildman–Crippen MR) is 153 cm³/mol. The molecule has 6 nitrogen and oxygen atoms in total. The minimum absolute atomic E-state index is 0.115. The molecule has 5 rings (SSSR count). The van der Waals surface area contributed by atoms with E-state index in [1.54, 1.807) is 31.3 Å². The summed E-state index contributed by atoms with van der Waals surface area (Å²) in [7, 11) is -0.691. The van der Waals surface area contributed by atoms with Crippen LogP contribution in [0, 0.1) is 0 Å². The molecule has 0 aliphatic heterocycles. The molecule has 4 aromatic rings. The van der Waals surface area contributed by atoms with Crippen molar-refractivity contribution in [2.75, 3.05) is 17.6 Å². The number of halogens is 4. The number of benzene rings is 3. The Kier molecular flexibility index (Phi) is 7.84. The van der Waals surface area contributed by atoms with Crippen LogP contribution < -0.4 is 15.1 Å². The highest BCUT2D eigenvalue weighted by Crippen LogP contribution is 2.48. The van der Waals surface area contributed by atoms with Crippen molar-refractivity contribution in [3.05, 3.63) is 81.9 Å². The topological polar surface area (TPSA) is 85.9 Å². The van der Waals surface area contributed by atoms with E-state index in [1.165, 1.54) is 18.0 Å². The number of hydrogen-bond acceptors (Lipinski definition) is 6. The molecular weight excluding hydrogens is 564 g/mol. The summed E-state index contributed by atoms with van der Waals surface area (Å²) in [6, 6.07) is 14.2. The second-order valence-corrected chi connectivity index (χ2v) is 10.8. The zero-order valence-corrected chi connectivity index (χ0v) is 23.1. The molecule has 1 aromatic heterocycles. The van der Waals surface area contributed by atoms with Crippen LogP contribution in [-0.2, 0) is 12.7 Å². The first kappa shape index (κ1) is 28.4. The van der Waals surface area contributed by atoms with Crippen LogP contribution in [0.3, 0.4) is 0 Å². The van der Waals surface area contributed by atoms with Gasteiger partial charge in [0.05, 0.1) is 23.4 Å². The highest BCUT2D eigenvalue weighted by molar-refractivity contribution is 7.99. The first-order valence-electron chi connectivity index (χ1n) is 12.5. The Morgan fingerprint density at radius 2 is 1.85 bits per heavy atom. The Labute approximate surface area is 238 Å². The van der Waals surface area contributed by atoms with Crippen molar-refractivity contribution >= 4 is 58.7 Å². The molecule has 0 unspecified atom stereocenters. The first-order valence-corrected chi connectivity index (χ1v) is 14.0. The lowest BCUT2D eigenvalue weighted by molar-refractivity contribution is -0.136. The van der Waals surface area contributed by atoms with Crippen LogP contribution in [0.25, 0.3) is 22.3 Å². The second kappa shape index (κ2) is 11.0. The van der Waals surface area contributed by atoms with Crippen molar-refractivity contribution in [3.63, 3.8) is 0 Å². The van der Waals surface area contributed by atoms with Gasteiger partial charge < -0.3 is 24.1 Å². The quantitative estimate of drug-likeness (QED) is 0.174. The average molecular weight is 589 g/mol. The van der Waals surface area contributed by atoms with Crippen LogP contribution in [0.2, 0.25) is 5.02 Å². The summed E-state index contributed by atoms with van der Waals surface area (Å²) in [6.07, 6.45) is -1.01. The summed E-state index contributed by atoms with van der Waals surface area (Å²) in [4.78, 5) is 13.0. The fourth-order valence-electron chi connectivity index (χ4n) is 4.83. The second-order valence-electron chi connectivity index (χ2n) is 9.59. The van der Waals surface area contributed by atoms with E-state index in [9.17, 15) is 28.0 Å². The van der Waals surface area contributed by atoms with Crippen LogP contribution in [0.5, 0.6) is 0 Å². The number of hydrogen-bond donors (Lipinski definition) is 3. The number of alkyl halides is 3. The number of amides is 1. The van der Waals surface area contributed by atoms with Gasteiger partial charge in [-0.05, 0) is 71.7 Å². The number of nitrogens with one attached hydrogen (secondary N) is 1. The maximum absolute atomic E-state index is 13.7. The van der Waals surface area contributed by atoms with Crippen molar-refractivity contribution in [2.45, 2.75) is 31.5 Å². The lowest BCUT2D eigenvalue weighted by Crippen LogP contribution is -2.36. The number of rotatable bonds is 8. The Morgan fingerprint density at radius 3 is 2.42 bits per heavy atom. The van der Waals surface area contributed by atoms with E-state index in [-0.39, 0.29) is 18.4 Å². The number of nitrogens with zero attached hydrogens (tertiary/aromatic N) is 1. The van der Waals surface area contributed by atoms with Gasteiger partial charge in [0, 0.05) is 35.3 Å². The SMILES string of the molecule is CNC(=O)c1c(-c2ccc(Cl)cc2)oc2cc(N(Cc3ccc(B(O)O)c(C(F)(F)F)c3)SC)c(C3CC3)cc12. The van der Waals surface area contributed by atoms with E-state index in [1.807, 2.05) is 22.7 Å². The molecule has 0 atom stereocenters. The van der Waals surface area contributed by atoms with Gasteiger partial charge in [0.15, 0.2) is 0 Å². The lowest BCUT2D eigenvalue weighted by Gasteiger charge is -2.25. The summed E-state index contributed by atoms with van der Waals surface area (Å²) in [5, 5.41) is 22.8. The lowest BCUT2D eigenvalue weighted by atomic mass is 9.76. The van der Waals surface area contributed by atoms with Gasteiger partial charge in [-0.2, -0.15) is 13.2 Å². The normalized spacial score (nSPS) is 13.5. The first-order chi connectivity index (χ1) is 19.0. The van der Waals surface area contributed by atoms with Crippen LogP contribution in [0.15, 0.2) is 59.0 Å². The van der Waals surface area contributed by atoms with Crippen molar-refractivity contribution < 1.29 is 32.4 Å². The van der Waals surface area contributed by atoms with E-state index in [2.05, 4.69) is 5.32 Å². The molecule has 0 saturated heterocycles.